The summed E-state index contributed by atoms with van der Waals surface area (Å²) in [6, 6.07) is 0. The van der Waals surface area contributed by atoms with Crippen LogP contribution in [-0.2, 0) is 19.1 Å². The molecule has 2 bridgehead atoms. The van der Waals surface area contributed by atoms with Crippen molar-refractivity contribution in [2.24, 2.45) is 5.92 Å². The molecule has 136 valence electrons. The maximum atomic E-state index is 12.1. The lowest BCUT2D eigenvalue weighted by atomic mass is 9.88. The van der Waals surface area contributed by atoms with Gasteiger partial charge in [-0.1, -0.05) is 18.6 Å². The topological polar surface area (TPSA) is 52.6 Å². The Kier molecular flexibility index (Phi) is 6.03. The van der Waals surface area contributed by atoms with Gasteiger partial charge in [-0.25, -0.2) is 0 Å². The van der Waals surface area contributed by atoms with Crippen molar-refractivity contribution in [2.75, 3.05) is 6.61 Å². The van der Waals surface area contributed by atoms with Gasteiger partial charge in [0.25, 0.3) is 0 Å². The molecule has 0 aromatic heterocycles. The fourth-order valence-electron chi connectivity index (χ4n) is 3.68. The molecule has 2 fully saturated rings. The van der Waals surface area contributed by atoms with Crippen LogP contribution in [0.5, 0.6) is 0 Å². The van der Waals surface area contributed by atoms with Crippen molar-refractivity contribution in [3.8, 4) is 0 Å². The molecule has 0 spiro atoms. The van der Waals surface area contributed by atoms with E-state index in [-0.39, 0.29) is 23.4 Å². The second kappa shape index (κ2) is 7.49. The number of ether oxygens (including phenoxy) is 2. The van der Waals surface area contributed by atoms with Crippen LogP contribution in [0.1, 0.15) is 73.1 Å². The first-order chi connectivity index (χ1) is 11.2. The number of Topliss-reactive ketones (excluding diaryl/α,β-unsaturated/α-hetero) is 2. The van der Waals surface area contributed by atoms with Crippen molar-refractivity contribution in [3.63, 3.8) is 0 Å². The number of hydrogen-bond donors (Lipinski definition) is 0. The minimum Gasteiger partial charge on any atom is -0.369 e. The van der Waals surface area contributed by atoms with Gasteiger partial charge in [-0.3, -0.25) is 9.59 Å². The zero-order valence-corrected chi connectivity index (χ0v) is 15.8. The van der Waals surface area contributed by atoms with Gasteiger partial charge < -0.3 is 9.47 Å². The predicted molar refractivity (Wildman–Crippen MR) is 93.9 cm³/mol. The summed E-state index contributed by atoms with van der Waals surface area (Å²) < 4.78 is 12.2. The lowest BCUT2D eigenvalue weighted by Crippen LogP contribution is -2.55. The summed E-state index contributed by atoms with van der Waals surface area (Å²) in [4.78, 5) is 23.9. The molecule has 4 atom stereocenters. The summed E-state index contributed by atoms with van der Waals surface area (Å²) in [6.07, 6.45) is 6.84. The van der Waals surface area contributed by atoms with Crippen LogP contribution in [0.3, 0.4) is 0 Å². The predicted octanol–water partition coefficient (Wildman–Crippen LogP) is 4.01. The van der Waals surface area contributed by atoms with E-state index in [1.807, 2.05) is 26.8 Å². The first kappa shape index (κ1) is 19.3. The fourth-order valence-corrected chi connectivity index (χ4v) is 3.68. The number of carbonyl (C=O) groups excluding carboxylic acids is 2. The molecule has 0 amide bonds. The third-order valence-corrected chi connectivity index (χ3v) is 5.71. The number of hydrogen-bond acceptors (Lipinski definition) is 4. The standard InChI is InChI=1S/C20H32O4/c1-14(2)8-9-17(22)15(3)7-6-11-19(5)18-10-12-20(24-18,13-23-19)16(4)21/h8,15,18H,6-7,9-13H2,1-5H3/t15?,18-,19+,20-/m1/s1. The van der Waals surface area contributed by atoms with Crippen molar-refractivity contribution in [1.29, 1.82) is 0 Å². The smallest absolute Gasteiger partial charge is 0.163 e. The van der Waals surface area contributed by atoms with E-state index >= 15 is 0 Å². The Hall–Kier alpha value is -1.00. The second-order valence-corrected chi connectivity index (χ2v) is 8.04. The lowest BCUT2D eigenvalue weighted by Gasteiger charge is -2.43. The van der Waals surface area contributed by atoms with Gasteiger partial charge in [0.15, 0.2) is 5.78 Å². The molecule has 0 N–H and O–H groups in total. The Morgan fingerprint density at radius 3 is 2.62 bits per heavy atom. The molecule has 4 heteroatoms. The molecular formula is C20H32O4. The minimum atomic E-state index is -0.697. The van der Waals surface area contributed by atoms with Gasteiger partial charge in [0.05, 0.1) is 18.3 Å². The van der Waals surface area contributed by atoms with E-state index in [0.717, 1.165) is 32.1 Å². The summed E-state index contributed by atoms with van der Waals surface area (Å²) >= 11 is 0. The first-order valence-corrected chi connectivity index (χ1v) is 9.17. The third kappa shape index (κ3) is 4.15. The third-order valence-electron chi connectivity index (χ3n) is 5.71. The van der Waals surface area contributed by atoms with E-state index in [9.17, 15) is 9.59 Å². The Labute approximate surface area is 146 Å². The number of carbonyl (C=O) groups is 2. The van der Waals surface area contributed by atoms with Crippen LogP contribution in [0.25, 0.3) is 0 Å². The average molecular weight is 336 g/mol. The van der Waals surface area contributed by atoms with Gasteiger partial charge in [0, 0.05) is 12.3 Å². The van der Waals surface area contributed by atoms with E-state index in [1.54, 1.807) is 6.92 Å². The van der Waals surface area contributed by atoms with Crippen LogP contribution in [-0.4, -0.2) is 35.5 Å². The Morgan fingerprint density at radius 1 is 1.29 bits per heavy atom. The maximum absolute atomic E-state index is 12.1. The molecule has 2 rings (SSSR count). The maximum Gasteiger partial charge on any atom is 0.163 e. The molecule has 0 aromatic carbocycles. The van der Waals surface area contributed by atoms with E-state index in [1.165, 1.54) is 5.57 Å². The highest BCUT2D eigenvalue weighted by molar-refractivity contribution is 5.85. The highest BCUT2D eigenvalue weighted by Gasteiger charge is 2.55. The summed E-state index contributed by atoms with van der Waals surface area (Å²) in [7, 11) is 0. The molecule has 1 unspecified atom stereocenters. The van der Waals surface area contributed by atoms with Crippen LogP contribution < -0.4 is 0 Å². The van der Waals surface area contributed by atoms with Crippen molar-refractivity contribution < 1.29 is 19.1 Å². The zero-order chi connectivity index (χ0) is 18.0. The zero-order valence-electron chi connectivity index (χ0n) is 15.8. The van der Waals surface area contributed by atoms with Crippen LogP contribution in [0.2, 0.25) is 0 Å². The van der Waals surface area contributed by atoms with Crippen molar-refractivity contribution in [1.82, 2.24) is 0 Å². The molecular weight excluding hydrogens is 304 g/mol. The van der Waals surface area contributed by atoms with Crippen molar-refractivity contribution >= 4 is 11.6 Å². The fraction of sp³-hybridized carbons (Fsp3) is 0.800. The minimum absolute atomic E-state index is 0.00756. The summed E-state index contributed by atoms with van der Waals surface area (Å²) in [6.45, 7) is 10.1. The molecule has 2 aliphatic heterocycles. The van der Waals surface area contributed by atoms with Crippen LogP contribution >= 0.6 is 0 Å². The van der Waals surface area contributed by atoms with Gasteiger partial charge >= 0.3 is 0 Å². The van der Waals surface area contributed by atoms with Gasteiger partial charge in [-0.15, -0.1) is 0 Å². The van der Waals surface area contributed by atoms with Crippen molar-refractivity contribution in [3.05, 3.63) is 11.6 Å². The highest BCUT2D eigenvalue weighted by atomic mass is 16.6. The van der Waals surface area contributed by atoms with Crippen LogP contribution in [0.15, 0.2) is 11.6 Å². The van der Waals surface area contributed by atoms with Gasteiger partial charge in [-0.05, 0) is 59.8 Å². The van der Waals surface area contributed by atoms with E-state index < -0.39 is 5.60 Å². The number of fused-ring (bicyclic) bond motifs is 2. The van der Waals surface area contributed by atoms with Crippen LogP contribution in [0.4, 0.5) is 0 Å². The molecule has 2 saturated heterocycles. The molecule has 0 aliphatic carbocycles. The molecule has 0 aromatic rings. The summed E-state index contributed by atoms with van der Waals surface area (Å²) in [5, 5.41) is 0. The molecule has 2 heterocycles. The average Bonchev–Trinajstić information content (AvgIpc) is 2.91. The van der Waals surface area contributed by atoms with E-state index in [0.29, 0.717) is 18.8 Å². The number of ketones is 2. The Balaban J connectivity index is 1.81. The van der Waals surface area contributed by atoms with Gasteiger partial charge in [-0.2, -0.15) is 0 Å². The van der Waals surface area contributed by atoms with E-state index in [2.05, 4.69) is 6.92 Å². The Bertz CT molecular complexity index is 520. The molecule has 4 nitrogen and oxygen atoms in total. The molecule has 0 saturated carbocycles. The van der Waals surface area contributed by atoms with Gasteiger partial charge in [0.1, 0.15) is 11.4 Å². The quantitative estimate of drug-likeness (QED) is 0.628. The normalized spacial score (nSPS) is 33.1. The number of allylic oxidation sites excluding steroid dienone is 2. The summed E-state index contributed by atoms with van der Waals surface area (Å²) in [5.41, 5.74) is 0.154. The van der Waals surface area contributed by atoms with Crippen molar-refractivity contribution in [2.45, 2.75) is 90.4 Å². The molecule has 24 heavy (non-hydrogen) atoms. The van der Waals surface area contributed by atoms with Gasteiger partial charge in [0.2, 0.25) is 0 Å². The van der Waals surface area contributed by atoms with E-state index in [4.69, 9.17) is 9.47 Å². The highest BCUT2D eigenvalue weighted by Crippen LogP contribution is 2.45. The molecule has 2 aliphatic rings. The lowest BCUT2D eigenvalue weighted by molar-refractivity contribution is -0.234. The number of rotatable bonds is 8. The van der Waals surface area contributed by atoms with Crippen LogP contribution in [0, 0.1) is 5.92 Å². The summed E-state index contributed by atoms with van der Waals surface area (Å²) in [5.74, 6) is 0.456. The Morgan fingerprint density at radius 2 is 2.00 bits per heavy atom. The second-order valence-electron chi connectivity index (χ2n) is 8.04. The largest absolute Gasteiger partial charge is 0.369 e. The molecule has 0 radical (unpaired) electrons. The SMILES string of the molecule is CC(=O)[C@]12CC[C@@H](O1)[C@](C)(CCCC(C)C(=O)CC=C(C)C)OC2. The first-order valence-electron chi connectivity index (χ1n) is 9.17. The monoisotopic (exact) mass is 336 g/mol.